The fraction of sp³-hybridized carbons (Fsp3) is 0.333. The molecule has 0 saturated heterocycles. The van der Waals surface area contributed by atoms with Crippen LogP contribution in [0.15, 0.2) is 60.4 Å². The molecule has 1 saturated carbocycles. The molecule has 4 rings (SSSR count). The van der Waals surface area contributed by atoms with E-state index < -0.39 is 0 Å². The molecule has 2 unspecified atom stereocenters. The van der Waals surface area contributed by atoms with Crippen molar-refractivity contribution < 1.29 is 14.3 Å². The molecule has 1 aliphatic heterocycles. The predicted octanol–water partition coefficient (Wildman–Crippen LogP) is 4.15. The van der Waals surface area contributed by atoms with Crippen molar-refractivity contribution in [2.75, 3.05) is 11.4 Å². The lowest BCUT2D eigenvalue weighted by Gasteiger charge is -2.32. The number of anilines is 1. The lowest BCUT2D eigenvalue weighted by Crippen LogP contribution is -2.48. The van der Waals surface area contributed by atoms with Gasteiger partial charge in [-0.15, -0.1) is 0 Å². The summed E-state index contributed by atoms with van der Waals surface area (Å²) in [4.78, 5) is 27.4. The van der Waals surface area contributed by atoms with Crippen molar-refractivity contribution >= 4 is 23.6 Å². The average molecular weight is 390 g/mol. The van der Waals surface area contributed by atoms with Crippen molar-refractivity contribution in [1.29, 1.82) is 0 Å². The Hall–Kier alpha value is -3.08. The Morgan fingerprint density at radius 2 is 1.83 bits per heavy atom. The first-order valence-electron chi connectivity index (χ1n) is 10.3. The number of hydrogen-bond donors (Lipinski definition) is 1. The van der Waals surface area contributed by atoms with Gasteiger partial charge in [-0.25, -0.2) is 0 Å². The Bertz CT molecular complexity index is 923. The maximum atomic E-state index is 13.1. The highest BCUT2D eigenvalue weighted by Crippen LogP contribution is 2.35. The molecule has 1 aliphatic carbocycles. The van der Waals surface area contributed by atoms with E-state index in [9.17, 15) is 9.59 Å². The van der Waals surface area contributed by atoms with E-state index in [2.05, 4.69) is 12.2 Å². The first-order chi connectivity index (χ1) is 14.1. The van der Waals surface area contributed by atoms with Gasteiger partial charge in [0.1, 0.15) is 6.54 Å². The molecule has 1 heterocycles. The minimum atomic E-state index is -0.306. The van der Waals surface area contributed by atoms with Crippen LogP contribution in [-0.4, -0.2) is 24.4 Å². The number of para-hydroxylation sites is 2. The fourth-order valence-corrected chi connectivity index (χ4v) is 4.05. The lowest BCUT2D eigenvalue weighted by atomic mass is 9.86. The van der Waals surface area contributed by atoms with Crippen LogP contribution in [0.2, 0.25) is 0 Å². The second-order valence-corrected chi connectivity index (χ2v) is 7.82. The van der Waals surface area contributed by atoms with Crippen LogP contribution in [0.25, 0.3) is 6.08 Å². The molecule has 2 atom stereocenters. The summed E-state index contributed by atoms with van der Waals surface area (Å²) in [5.41, 5.74) is 1.49. The number of nitrogens with zero attached hydrogens (tertiary/aromatic N) is 1. The van der Waals surface area contributed by atoms with E-state index in [1.54, 1.807) is 6.08 Å². The topological polar surface area (TPSA) is 58.6 Å². The third-order valence-corrected chi connectivity index (χ3v) is 5.69. The summed E-state index contributed by atoms with van der Waals surface area (Å²) in [5, 5.41) is 3.14. The summed E-state index contributed by atoms with van der Waals surface area (Å²) in [5.74, 6) is 0.822. The van der Waals surface area contributed by atoms with Gasteiger partial charge in [-0.3, -0.25) is 14.5 Å². The fourth-order valence-electron chi connectivity index (χ4n) is 4.05. The van der Waals surface area contributed by atoms with Crippen LogP contribution in [0.1, 0.15) is 38.2 Å². The smallest absolute Gasteiger partial charge is 0.294 e. The van der Waals surface area contributed by atoms with Crippen molar-refractivity contribution in [3.05, 3.63) is 65.9 Å². The van der Waals surface area contributed by atoms with Crippen molar-refractivity contribution in [1.82, 2.24) is 5.32 Å². The summed E-state index contributed by atoms with van der Waals surface area (Å²) in [6.07, 6.45) is 6.20. The van der Waals surface area contributed by atoms with Gasteiger partial charge in [0.2, 0.25) is 5.91 Å². The quantitative estimate of drug-likeness (QED) is 0.798. The first kappa shape index (κ1) is 19.2. The molecule has 0 radical (unpaired) electrons. The van der Waals surface area contributed by atoms with E-state index in [-0.39, 0.29) is 30.2 Å². The predicted molar refractivity (Wildman–Crippen MR) is 113 cm³/mol. The molecule has 150 valence electrons. The van der Waals surface area contributed by atoms with Gasteiger partial charge in [0.15, 0.2) is 11.5 Å². The second-order valence-electron chi connectivity index (χ2n) is 7.82. The molecule has 2 aliphatic rings. The molecule has 5 heteroatoms. The molecule has 2 aromatic carbocycles. The van der Waals surface area contributed by atoms with Crippen LogP contribution in [0, 0.1) is 5.92 Å². The van der Waals surface area contributed by atoms with Crippen molar-refractivity contribution in [3.63, 3.8) is 0 Å². The molecule has 0 spiro atoms. The van der Waals surface area contributed by atoms with Crippen molar-refractivity contribution in [2.45, 2.75) is 38.6 Å². The molecule has 0 bridgehead atoms. The number of amides is 2. The molecule has 1 N–H and O–H groups in total. The number of nitrogens with one attached hydrogen (secondary N) is 1. The van der Waals surface area contributed by atoms with Crippen LogP contribution >= 0.6 is 0 Å². The highest BCUT2D eigenvalue weighted by atomic mass is 16.5. The van der Waals surface area contributed by atoms with E-state index in [4.69, 9.17) is 4.74 Å². The Kier molecular flexibility index (Phi) is 5.65. The largest absolute Gasteiger partial charge is 0.449 e. The third-order valence-electron chi connectivity index (χ3n) is 5.69. The van der Waals surface area contributed by atoms with Crippen molar-refractivity contribution in [2.24, 2.45) is 5.92 Å². The van der Waals surface area contributed by atoms with E-state index >= 15 is 0 Å². The molecule has 0 aromatic heterocycles. The first-order valence-corrected chi connectivity index (χ1v) is 10.3. The molecular formula is C24H26N2O3. The van der Waals surface area contributed by atoms with E-state index in [1.807, 2.05) is 54.6 Å². The van der Waals surface area contributed by atoms with Crippen LogP contribution < -0.4 is 15.0 Å². The van der Waals surface area contributed by atoms with Crippen molar-refractivity contribution in [3.8, 4) is 5.75 Å². The van der Waals surface area contributed by atoms with Crippen LogP contribution in [0.4, 0.5) is 5.69 Å². The summed E-state index contributed by atoms with van der Waals surface area (Å²) < 4.78 is 5.87. The van der Waals surface area contributed by atoms with Gasteiger partial charge in [-0.1, -0.05) is 62.2 Å². The molecule has 29 heavy (non-hydrogen) atoms. The number of ether oxygens (including phenoxy) is 1. The monoisotopic (exact) mass is 390 g/mol. The minimum Gasteiger partial charge on any atom is -0.449 e. The van der Waals surface area contributed by atoms with Gasteiger partial charge in [0.05, 0.1) is 5.69 Å². The number of benzene rings is 2. The maximum Gasteiger partial charge on any atom is 0.294 e. The number of hydrogen-bond acceptors (Lipinski definition) is 3. The van der Waals surface area contributed by atoms with Crippen LogP contribution in [-0.2, 0) is 9.59 Å². The van der Waals surface area contributed by atoms with E-state index in [0.29, 0.717) is 17.4 Å². The molecule has 2 amide bonds. The van der Waals surface area contributed by atoms with Gasteiger partial charge in [0.25, 0.3) is 5.91 Å². The van der Waals surface area contributed by atoms with Crippen LogP contribution in [0.5, 0.6) is 5.75 Å². The summed E-state index contributed by atoms with van der Waals surface area (Å²) >= 11 is 0. The third kappa shape index (κ3) is 4.34. The average Bonchev–Trinajstić information content (AvgIpc) is 2.73. The normalized spacial score (nSPS) is 22.7. The zero-order chi connectivity index (χ0) is 20.2. The van der Waals surface area contributed by atoms with Gasteiger partial charge < -0.3 is 10.1 Å². The van der Waals surface area contributed by atoms with E-state index in [0.717, 1.165) is 24.8 Å². The standard InChI is InChI=1S/C24H26N2O3/c1-17-9-5-6-12-19(17)25-23(27)16-26-20-13-7-8-14-21(20)29-22(24(26)28)15-18-10-3-2-4-11-18/h2-4,7-8,10-11,13-15,17,19H,5-6,9,12,16H2,1H3,(H,25,27). The number of carbonyl (C=O) groups excluding carboxylic acids is 2. The lowest BCUT2D eigenvalue weighted by molar-refractivity contribution is -0.124. The van der Waals surface area contributed by atoms with Gasteiger partial charge in [0, 0.05) is 6.04 Å². The number of rotatable bonds is 4. The summed E-state index contributed by atoms with van der Waals surface area (Å²) in [6, 6.07) is 17.1. The Balaban J connectivity index is 1.56. The number of fused-ring (bicyclic) bond motifs is 1. The zero-order valence-corrected chi connectivity index (χ0v) is 16.6. The van der Waals surface area contributed by atoms with Gasteiger partial charge >= 0.3 is 0 Å². The molecule has 1 fully saturated rings. The second kappa shape index (κ2) is 8.52. The summed E-state index contributed by atoms with van der Waals surface area (Å²) in [6.45, 7) is 2.16. The SMILES string of the molecule is CC1CCCCC1NC(=O)CN1C(=O)C(=Cc2ccccc2)Oc2ccccc21. The summed E-state index contributed by atoms with van der Waals surface area (Å²) in [7, 11) is 0. The number of carbonyl (C=O) groups is 2. The van der Waals surface area contributed by atoms with E-state index in [1.165, 1.54) is 11.3 Å². The Morgan fingerprint density at radius 3 is 2.62 bits per heavy atom. The molecular weight excluding hydrogens is 364 g/mol. The molecule has 5 nitrogen and oxygen atoms in total. The maximum absolute atomic E-state index is 13.1. The zero-order valence-electron chi connectivity index (χ0n) is 16.6. The van der Waals surface area contributed by atoms with Gasteiger partial charge in [-0.05, 0) is 42.5 Å². The van der Waals surface area contributed by atoms with Crippen LogP contribution in [0.3, 0.4) is 0 Å². The molecule has 2 aromatic rings. The van der Waals surface area contributed by atoms with Gasteiger partial charge in [-0.2, -0.15) is 0 Å². The minimum absolute atomic E-state index is 0.0193. The Morgan fingerprint density at radius 1 is 1.10 bits per heavy atom. The Labute approximate surface area is 171 Å². The highest BCUT2D eigenvalue weighted by molar-refractivity contribution is 6.12. The highest BCUT2D eigenvalue weighted by Gasteiger charge is 2.32.